The van der Waals surface area contributed by atoms with Crippen molar-refractivity contribution in [2.24, 2.45) is 0 Å². The lowest BCUT2D eigenvalue weighted by atomic mass is 10.2. The number of nitrogens with one attached hydrogen (secondary N) is 2. The molecule has 0 bridgehead atoms. The Morgan fingerprint density at radius 2 is 1.87 bits per heavy atom. The first-order chi connectivity index (χ1) is 14.9. The number of phenolic OH excluding ortho intramolecular Hbond substituents is 1. The van der Waals surface area contributed by atoms with Crippen LogP contribution in [0.25, 0.3) is 6.08 Å². The second kappa shape index (κ2) is 10.0. The van der Waals surface area contributed by atoms with E-state index in [2.05, 4.69) is 10.6 Å². The number of carbonyl (C=O) groups excluding carboxylic acids is 3. The van der Waals surface area contributed by atoms with Crippen molar-refractivity contribution < 1.29 is 38.4 Å². The maximum atomic E-state index is 11.9. The molecule has 0 atom stereocenters. The third-order valence-electron chi connectivity index (χ3n) is 4.01. The van der Waals surface area contributed by atoms with Gasteiger partial charge in [0.15, 0.2) is 29.6 Å². The number of hydrogen-bond donors (Lipinski definition) is 3. The van der Waals surface area contributed by atoms with Gasteiger partial charge in [-0.3, -0.25) is 10.1 Å². The van der Waals surface area contributed by atoms with Gasteiger partial charge in [-0.15, -0.1) is 0 Å². The van der Waals surface area contributed by atoms with Gasteiger partial charge < -0.3 is 29.4 Å². The SMILES string of the molecule is COc1cc(C=CC(=O)OCC(=O)NC(=O)Nc2ccc3c(c2)OCCO3)ccc1O. The Kier molecular flexibility index (Phi) is 6.94. The number of amides is 3. The normalized spacial score (nSPS) is 12.2. The number of imide groups is 1. The van der Waals surface area contributed by atoms with Crippen molar-refractivity contribution in [1.29, 1.82) is 0 Å². The van der Waals surface area contributed by atoms with Crippen LogP contribution in [-0.2, 0) is 14.3 Å². The number of esters is 1. The van der Waals surface area contributed by atoms with Crippen molar-refractivity contribution in [3.05, 3.63) is 48.0 Å². The molecule has 3 rings (SSSR count). The van der Waals surface area contributed by atoms with Crippen molar-refractivity contribution in [2.45, 2.75) is 0 Å². The summed E-state index contributed by atoms with van der Waals surface area (Å²) in [6, 6.07) is 8.53. The fourth-order valence-corrected chi connectivity index (χ4v) is 2.59. The Bertz CT molecular complexity index is 1020. The summed E-state index contributed by atoms with van der Waals surface area (Å²) in [4.78, 5) is 35.5. The number of phenols is 1. The highest BCUT2D eigenvalue weighted by molar-refractivity contribution is 6.02. The van der Waals surface area contributed by atoms with Gasteiger partial charge in [-0.25, -0.2) is 9.59 Å². The van der Waals surface area contributed by atoms with Crippen LogP contribution >= 0.6 is 0 Å². The molecule has 0 spiro atoms. The average molecular weight is 428 g/mol. The zero-order chi connectivity index (χ0) is 22.2. The molecule has 0 saturated heterocycles. The number of ether oxygens (including phenoxy) is 4. The van der Waals surface area contributed by atoms with Crippen LogP contribution in [0.1, 0.15) is 5.56 Å². The topological polar surface area (TPSA) is 132 Å². The van der Waals surface area contributed by atoms with E-state index in [-0.39, 0.29) is 11.5 Å². The van der Waals surface area contributed by atoms with Gasteiger partial charge in [0, 0.05) is 17.8 Å². The molecule has 31 heavy (non-hydrogen) atoms. The number of carbonyl (C=O) groups is 3. The minimum absolute atomic E-state index is 0.0339. The Hall–Kier alpha value is -4.21. The second-order valence-electron chi connectivity index (χ2n) is 6.23. The van der Waals surface area contributed by atoms with Crippen molar-refractivity contribution in [3.8, 4) is 23.0 Å². The summed E-state index contributed by atoms with van der Waals surface area (Å²) in [7, 11) is 1.40. The molecule has 0 unspecified atom stereocenters. The zero-order valence-electron chi connectivity index (χ0n) is 16.5. The molecule has 1 heterocycles. The van der Waals surface area contributed by atoms with E-state index < -0.39 is 24.5 Å². The number of benzene rings is 2. The molecule has 3 N–H and O–H groups in total. The molecule has 1 aliphatic rings. The largest absolute Gasteiger partial charge is 0.504 e. The van der Waals surface area contributed by atoms with E-state index in [1.807, 2.05) is 0 Å². The zero-order valence-corrected chi connectivity index (χ0v) is 16.5. The molecule has 162 valence electrons. The number of rotatable bonds is 6. The molecule has 0 aliphatic carbocycles. The summed E-state index contributed by atoms with van der Waals surface area (Å²) in [5, 5.41) is 14.1. The fourth-order valence-electron chi connectivity index (χ4n) is 2.59. The molecule has 0 fully saturated rings. The molecule has 3 amide bonds. The van der Waals surface area contributed by atoms with E-state index in [0.29, 0.717) is 36.0 Å². The van der Waals surface area contributed by atoms with Gasteiger partial charge in [-0.1, -0.05) is 6.07 Å². The summed E-state index contributed by atoms with van der Waals surface area (Å²) in [5.74, 6) is -0.314. The molecule has 1 aliphatic heterocycles. The summed E-state index contributed by atoms with van der Waals surface area (Å²) in [5.41, 5.74) is 0.980. The summed E-state index contributed by atoms with van der Waals surface area (Å²) < 4.78 is 20.6. The molecular weight excluding hydrogens is 408 g/mol. The molecule has 0 saturated carbocycles. The van der Waals surface area contributed by atoms with Crippen LogP contribution < -0.4 is 24.8 Å². The Labute approximate surface area is 177 Å². The molecule has 2 aromatic rings. The molecule has 2 aromatic carbocycles. The number of urea groups is 1. The number of methoxy groups -OCH3 is 1. The predicted octanol–water partition coefficient (Wildman–Crippen LogP) is 2.08. The lowest BCUT2D eigenvalue weighted by molar-refractivity contribution is -0.143. The van der Waals surface area contributed by atoms with Gasteiger partial charge in [0.1, 0.15) is 13.2 Å². The quantitative estimate of drug-likeness (QED) is 0.471. The second-order valence-corrected chi connectivity index (χ2v) is 6.23. The average Bonchev–Trinajstić information content (AvgIpc) is 2.77. The highest BCUT2D eigenvalue weighted by atomic mass is 16.6. The Morgan fingerprint density at radius 1 is 1.10 bits per heavy atom. The minimum atomic E-state index is -0.803. The van der Waals surface area contributed by atoms with Gasteiger partial charge in [0.2, 0.25) is 0 Å². The molecule has 10 nitrogen and oxygen atoms in total. The highest BCUT2D eigenvalue weighted by Crippen LogP contribution is 2.32. The summed E-state index contributed by atoms with van der Waals surface area (Å²) >= 11 is 0. The van der Waals surface area contributed by atoms with E-state index in [4.69, 9.17) is 18.9 Å². The van der Waals surface area contributed by atoms with Crippen LogP contribution in [0.4, 0.5) is 10.5 Å². The van der Waals surface area contributed by atoms with Crippen LogP contribution in [0.15, 0.2) is 42.5 Å². The number of fused-ring (bicyclic) bond motifs is 1. The van der Waals surface area contributed by atoms with E-state index in [9.17, 15) is 19.5 Å². The van der Waals surface area contributed by atoms with E-state index in [0.717, 1.165) is 6.08 Å². The van der Waals surface area contributed by atoms with Crippen LogP contribution in [0.5, 0.6) is 23.0 Å². The predicted molar refractivity (Wildman–Crippen MR) is 109 cm³/mol. The van der Waals surface area contributed by atoms with Crippen molar-refractivity contribution in [2.75, 3.05) is 32.2 Å². The van der Waals surface area contributed by atoms with Gasteiger partial charge in [-0.2, -0.15) is 0 Å². The highest BCUT2D eigenvalue weighted by Gasteiger charge is 2.14. The van der Waals surface area contributed by atoms with Crippen LogP contribution in [-0.4, -0.2) is 49.9 Å². The van der Waals surface area contributed by atoms with E-state index in [1.165, 1.54) is 25.3 Å². The first-order valence-electron chi connectivity index (χ1n) is 9.17. The smallest absolute Gasteiger partial charge is 0.331 e. The van der Waals surface area contributed by atoms with Gasteiger partial charge in [-0.05, 0) is 35.9 Å². The fraction of sp³-hybridized carbons (Fsp3) is 0.190. The van der Waals surface area contributed by atoms with Crippen LogP contribution in [0.3, 0.4) is 0 Å². The third-order valence-corrected chi connectivity index (χ3v) is 4.01. The lowest BCUT2D eigenvalue weighted by Gasteiger charge is -2.19. The first kappa shape index (κ1) is 21.5. The molecule has 0 radical (unpaired) electrons. The lowest BCUT2D eigenvalue weighted by Crippen LogP contribution is -2.37. The third kappa shape index (κ3) is 6.13. The first-order valence-corrected chi connectivity index (χ1v) is 9.17. The molecular formula is C21H20N2O8. The maximum absolute atomic E-state index is 11.9. The number of anilines is 1. The number of aromatic hydroxyl groups is 1. The van der Waals surface area contributed by atoms with Crippen LogP contribution in [0, 0.1) is 0 Å². The van der Waals surface area contributed by atoms with Gasteiger partial charge >= 0.3 is 12.0 Å². The standard InChI is InChI=1S/C21H20N2O8/c1-28-17-10-13(2-5-15(17)24)3-7-20(26)31-12-19(25)23-21(27)22-14-4-6-16-18(11-14)30-9-8-29-16/h2-7,10-11,24H,8-9,12H2,1H3,(H2,22,23,25,27). The minimum Gasteiger partial charge on any atom is -0.504 e. The number of hydrogen-bond acceptors (Lipinski definition) is 8. The summed E-state index contributed by atoms with van der Waals surface area (Å²) in [6.07, 6.45) is 2.53. The Morgan fingerprint density at radius 3 is 2.65 bits per heavy atom. The molecule has 0 aromatic heterocycles. The van der Waals surface area contributed by atoms with E-state index >= 15 is 0 Å². The van der Waals surface area contributed by atoms with Crippen molar-refractivity contribution in [1.82, 2.24) is 5.32 Å². The summed E-state index contributed by atoms with van der Waals surface area (Å²) in [6.45, 7) is 0.212. The van der Waals surface area contributed by atoms with Gasteiger partial charge in [0.05, 0.1) is 7.11 Å². The van der Waals surface area contributed by atoms with Gasteiger partial charge in [0.25, 0.3) is 5.91 Å². The van der Waals surface area contributed by atoms with Crippen molar-refractivity contribution in [3.63, 3.8) is 0 Å². The Balaban J connectivity index is 1.44. The molecule has 10 heteroatoms. The van der Waals surface area contributed by atoms with Crippen LogP contribution in [0.2, 0.25) is 0 Å². The van der Waals surface area contributed by atoms with E-state index in [1.54, 1.807) is 24.3 Å². The monoisotopic (exact) mass is 428 g/mol. The maximum Gasteiger partial charge on any atom is 0.331 e. The van der Waals surface area contributed by atoms with Crippen molar-refractivity contribution >= 4 is 29.7 Å².